The van der Waals surface area contributed by atoms with Crippen LogP contribution in [0.2, 0.25) is 0 Å². The number of hydrogen-bond acceptors (Lipinski definition) is 2. The molecule has 116 valence electrons. The standard InChI is InChI=1S/C13H21F3N2O2/c1-4-6-9-12(20)18(8(3)7-13(14,15)16)10(5-2)11(19)17-9/h8-10H,4-7H2,1-3H3,(H,17,19). The molecule has 1 heterocycles. The van der Waals surface area contributed by atoms with Crippen molar-refractivity contribution >= 4 is 11.8 Å². The van der Waals surface area contributed by atoms with E-state index in [4.69, 9.17) is 0 Å². The second-order valence-corrected chi connectivity index (χ2v) is 5.19. The number of alkyl halides is 3. The van der Waals surface area contributed by atoms with Crippen LogP contribution in [0.5, 0.6) is 0 Å². The van der Waals surface area contributed by atoms with Gasteiger partial charge in [0.05, 0.1) is 6.42 Å². The molecule has 0 saturated carbocycles. The summed E-state index contributed by atoms with van der Waals surface area (Å²) in [5.74, 6) is -0.769. The summed E-state index contributed by atoms with van der Waals surface area (Å²) in [7, 11) is 0. The molecule has 0 radical (unpaired) electrons. The Morgan fingerprint density at radius 1 is 1.30 bits per heavy atom. The Hall–Kier alpha value is -1.27. The van der Waals surface area contributed by atoms with Crippen LogP contribution in [0.15, 0.2) is 0 Å². The summed E-state index contributed by atoms with van der Waals surface area (Å²) in [5, 5.41) is 2.60. The van der Waals surface area contributed by atoms with Gasteiger partial charge in [-0.2, -0.15) is 13.2 Å². The Bertz CT molecular complexity index is 371. The van der Waals surface area contributed by atoms with Crippen molar-refractivity contribution in [3.8, 4) is 0 Å². The second kappa shape index (κ2) is 6.45. The van der Waals surface area contributed by atoms with Gasteiger partial charge in [-0.15, -0.1) is 0 Å². The fraction of sp³-hybridized carbons (Fsp3) is 0.846. The van der Waals surface area contributed by atoms with Crippen molar-refractivity contribution in [3.63, 3.8) is 0 Å². The van der Waals surface area contributed by atoms with Crippen LogP contribution < -0.4 is 5.32 Å². The quantitative estimate of drug-likeness (QED) is 0.845. The SMILES string of the molecule is CCCC1NC(=O)C(CC)N(C(C)CC(F)(F)F)C1=O. The molecule has 1 aliphatic rings. The lowest BCUT2D eigenvalue weighted by Crippen LogP contribution is -2.65. The van der Waals surface area contributed by atoms with E-state index >= 15 is 0 Å². The van der Waals surface area contributed by atoms with E-state index in [1.807, 2.05) is 6.92 Å². The van der Waals surface area contributed by atoms with Crippen LogP contribution in [0.3, 0.4) is 0 Å². The van der Waals surface area contributed by atoms with Crippen LogP contribution in [0.4, 0.5) is 13.2 Å². The minimum absolute atomic E-state index is 0.304. The smallest absolute Gasteiger partial charge is 0.343 e. The molecule has 0 aromatic carbocycles. The number of carbonyl (C=O) groups excluding carboxylic acids is 2. The van der Waals surface area contributed by atoms with Crippen molar-refractivity contribution in [1.29, 1.82) is 0 Å². The van der Waals surface area contributed by atoms with E-state index in [-0.39, 0.29) is 5.91 Å². The topological polar surface area (TPSA) is 49.4 Å². The molecule has 0 aromatic rings. The van der Waals surface area contributed by atoms with Gasteiger partial charge in [-0.25, -0.2) is 0 Å². The molecule has 1 N–H and O–H groups in total. The summed E-state index contributed by atoms with van der Waals surface area (Å²) in [5.41, 5.74) is 0. The molecule has 1 aliphatic heterocycles. The second-order valence-electron chi connectivity index (χ2n) is 5.19. The molecule has 0 aromatic heterocycles. The van der Waals surface area contributed by atoms with Crippen LogP contribution in [-0.2, 0) is 9.59 Å². The van der Waals surface area contributed by atoms with Gasteiger partial charge in [0.2, 0.25) is 11.8 Å². The van der Waals surface area contributed by atoms with Crippen LogP contribution >= 0.6 is 0 Å². The van der Waals surface area contributed by atoms with E-state index in [0.29, 0.717) is 19.3 Å². The van der Waals surface area contributed by atoms with E-state index in [1.165, 1.54) is 6.92 Å². The number of hydrogen-bond donors (Lipinski definition) is 1. The molecule has 20 heavy (non-hydrogen) atoms. The maximum absolute atomic E-state index is 12.5. The van der Waals surface area contributed by atoms with Crippen molar-refractivity contribution in [2.75, 3.05) is 0 Å². The monoisotopic (exact) mass is 294 g/mol. The van der Waals surface area contributed by atoms with Crippen LogP contribution in [-0.4, -0.2) is 41.0 Å². The van der Waals surface area contributed by atoms with Crippen molar-refractivity contribution in [3.05, 3.63) is 0 Å². The fourth-order valence-corrected chi connectivity index (χ4v) is 2.61. The minimum atomic E-state index is -4.35. The summed E-state index contributed by atoms with van der Waals surface area (Å²) >= 11 is 0. The summed E-state index contributed by atoms with van der Waals surface area (Å²) < 4.78 is 37.6. The van der Waals surface area contributed by atoms with Crippen molar-refractivity contribution in [1.82, 2.24) is 10.2 Å². The number of carbonyl (C=O) groups is 2. The zero-order valence-electron chi connectivity index (χ0n) is 12.0. The van der Waals surface area contributed by atoms with Crippen LogP contribution in [0.1, 0.15) is 46.5 Å². The number of nitrogens with zero attached hydrogens (tertiary/aromatic N) is 1. The van der Waals surface area contributed by atoms with Gasteiger partial charge in [0.1, 0.15) is 12.1 Å². The Morgan fingerprint density at radius 3 is 2.35 bits per heavy atom. The third-order valence-electron chi connectivity index (χ3n) is 3.47. The molecule has 1 fully saturated rings. The molecule has 0 aliphatic carbocycles. The average Bonchev–Trinajstić information content (AvgIpc) is 2.30. The molecular weight excluding hydrogens is 273 g/mol. The first-order valence-electron chi connectivity index (χ1n) is 6.90. The normalized spacial score (nSPS) is 25.6. The largest absolute Gasteiger partial charge is 0.391 e. The van der Waals surface area contributed by atoms with Gasteiger partial charge >= 0.3 is 6.18 Å². The first kappa shape index (κ1) is 16.8. The predicted octanol–water partition coefficient (Wildman–Crippen LogP) is 2.23. The first-order chi connectivity index (χ1) is 9.21. The van der Waals surface area contributed by atoms with E-state index in [1.54, 1.807) is 6.92 Å². The van der Waals surface area contributed by atoms with Gasteiger partial charge in [0.15, 0.2) is 0 Å². The Balaban J connectivity index is 2.96. The zero-order chi connectivity index (χ0) is 15.5. The highest BCUT2D eigenvalue weighted by Gasteiger charge is 2.44. The summed E-state index contributed by atoms with van der Waals surface area (Å²) in [6.45, 7) is 4.88. The molecule has 3 atom stereocenters. The van der Waals surface area contributed by atoms with E-state index in [2.05, 4.69) is 5.32 Å². The average molecular weight is 294 g/mol. The first-order valence-corrected chi connectivity index (χ1v) is 6.90. The molecule has 0 bridgehead atoms. The zero-order valence-corrected chi connectivity index (χ0v) is 12.0. The predicted molar refractivity (Wildman–Crippen MR) is 67.9 cm³/mol. The molecular formula is C13H21F3N2O2. The van der Waals surface area contributed by atoms with Crippen molar-refractivity contribution < 1.29 is 22.8 Å². The van der Waals surface area contributed by atoms with Gasteiger partial charge in [0, 0.05) is 6.04 Å². The highest BCUT2D eigenvalue weighted by molar-refractivity contribution is 5.97. The van der Waals surface area contributed by atoms with E-state index in [9.17, 15) is 22.8 Å². The molecule has 3 unspecified atom stereocenters. The maximum Gasteiger partial charge on any atom is 0.391 e. The number of halogens is 3. The molecule has 1 rings (SSSR count). The van der Waals surface area contributed by atoms with E-state index < -0.39 is 36.6 Å². The van der Waals surface area contributed by atoms with Crippen LogP contribution in [0.25, 0.3) is 0 Å². The highest BCUT2D eigenvalue weighted by atomic mass is 19.4. The Kier molecular flexibility index (Phi) is 5.42. The van der Waals surface area contributed by atoms with E-state index in [0.717, 1.165) is 4.90 Å². The van der Waals surface area contributed by atoms with Crippen LogP contribution in [0, 0.1) is 0 Å². The van der Waals surface area contributed by atoms with Gasteiger partial charge in [-0.05, 0) is 19.8 Å². The summed E-state index contributed by atoms with van der Waals surface area (Å²) in [6, 6.07) is -2.54. The third-order valence-corrected chi connectivity index (χ3v) is 3.47. The maximum atomic E-state index is 12.5. The van der Waals surface area contributed by atoms with Crippen molar-refractivity contribution in [2.24, 2.45) is 0 Å². The highest BCUT2D eigenvalue weighted by Crippen LogP contribution is 2.27. The van der Waals surface area contributed by atoms with Gasteiger partial charge in [-0.3, -0.25) is 9.59 Å². The number of amides is 2. The Morgan fingerprint density at radius 2 is 1.90 bits per heavy atom. The molecule has 1 saturated heterocycles. The fourth-order valence-electron chi connectivity index (χ4n) is 2.61. The lowest BCUT2D eigenvalue weighted by Gasteiger charge is -2.42. The van der Waals surface area contributed by atoms with Crippen molar-refractivity contribution in [2.45, 2.75) is 70.8 Å². The molecule has 7 heteroatoms. The number of rotatable bonds is 5. The van der Waals surface area contributed by atoms with Gasteiger partial charge < -0.3 is 10.2 Å². The number of piperazine rings is 1. The molecule has 4 nitrogen and oxygen atoms in total. The summed E-state index contributed by atoms with van der Waals surface area (Å²) in [6.07, 6.45) is -4.03. The Labute approximate surface area is 116 Å². The molecule has 0 spiro atoms. The lowest BCUT2D eigenvalue weighted by molar-refractivity contribution is -0.165. The van der Waals surface area contributed by atoms with Gasteiger partial charge in [-0.1, -0.05) is 20.3 Å². The molecule has 2 amide bonds. The summed E-state index contributed by atoms with van der Waals surface area (Å²) in [4.78, 5) is 25.4. The lowest BCUT2D eigenvalue weighted by atomic mass is 9.99. The third kappa shape index (κ3) is 3.86. The number of nitrogens with one attached hydrogen (secondary N) is 1. The van der Waals surface area contributed by atoms with Gasteiger partial charge in [0.25, 0.3) is 0 Å². The minimum Gasteiger partial charge on any atom is -0.343 e.